The molecule has 1 heterocycles. The lowest BCUT2D eigenvalue weighted by Gasteiger charge is -2.27. The van der Waals surface area contributed by atoms with E-state index >= 15 is 0 Å². The number of hydrogen-bond acceptors (Lipinski definition) is 9. The molecule has 1 aliphatic heterocycles. The summed E-state index contributed by atoms with van der Waals surface area (Å²) in [5.41, 5.74) is 0. The molecule has 0 unspecified atom stereocenters. The minimum Gasteiger partial charge on any atom is -0.397 e. The van der Waals surface area contributed by atoms with Crippen LogP contribution in [0, 0.1) is 40.5 Å². The highest BCUT2D eigenvalue weighted by Gasteiger charge is 2.39. The molecule has 0 spiro atoms. The van der Waals surface area contributed by atoms with E-state index in [2.05, 4.69) is 0 Å². The molecular formula is C6H14N8O9. The predicted molar refractivity (Wildman–Crippen MR) is 67.6 cm³/mol. The lowest BCUT2D eigenvalue weighted by atomic mass is 10.7. The summed E-state index contributed by atoms with van der Waals surface area (Å²) in [5.74, 6) is 0. The summed E-state index contributed by atoms with van der Waals surface area (Å²) >= 11 is 0. The van der Waals surface area contributed by atoms with Gasteiger partial charge < -0.3 is 5.11 Å². The second kappa shape index (κ2) is 8.92. The van der Waals surface area contributed by atoms with Crippen LogP contribution in [0.15, 0.2) is 0 Å². The van der Waals surface area contributed by atoms with Gasteiger partial charge in [-0.05, 0) is 6.92 Å². The lowest BCUT2D eigenvalue weighted by Crippen LogP contribution is -2.59. The predicted octanol–water partition coefficient (Wildman–Crippen LogP) is -2.20. The third-order valence-corrected chi connectivity index (χ3v) is 2.23. The van der Waals surface area contributed by atoms with Crippen molar-refractivity contribution in [2.24, 2.45) is 0 Å². The van der Waals surface area contributed by atoms with Crippen molar-refractivity contribution in [3.63, 3.8) is 0 Å². The lowest BCUT2D eigenvalue weighted by molar-refractivity contribution is -0.775. The van der Waals surface area contributed by atoms with E-state index < -0.39 is 46.8 Å². The summed E-state index contributed by atoms with van der Waals surface area (Å²) in [6.45, 7) is -1.87. The largest absolute Gasteiger partial charge is 0.397 e. The third-order valence-electron chi connectivity index (χ3n) is 2.23. The number of rotatable bonds is 4. The van der Waals surface area contributed by atoms with E-state index in [0.717, 1.165) is 0 Å². The summed E-state index contributed by atoms with van der Waals surface area (Å²) < 4.78 is 0. The zero-order valence-electron chi connectivity index (χ0n) is 11.8. The number of hydrogen-bond donors (Lipinski definition) is 1. The van der Waals surface area contributed by atoms with E-state index in [1.165, 1.54) is 0 Å². The fourth-order valence-electron chi connectivity index (χ4n) is 1.35. The van der Waals surface area contributed by atoms with Crippen molar-refractivity contribution in [1.29, 1.82) is 0 Å². The summed E-state index contributed by atoms with van der Waals surface area (Å²) in [5, 5.41) is 46.7. The maximum atomic E-state index is 10.7. The van der Waals surface area contributed by atoms with Crippen molar-refractivity contribution in [3.8, 4) is 0 Å². The maximum absolute atomic E-state index is 10.7. The Kier molecular flexibility index (Phi) is 7.66. The van der Waals surface area contributed by atoms with Crippen molar-refractivity contribution >= 4 is 0 Å². The molecular weight excluding hydrogens is 328 g/mol. The molecule has 132 valence electrons. The minimum atomic E-state index is -1.06. The van der Waals surface area contributed by atoms with E-state index in [1.54, 1.807) is 6.92 Å². The zero-order chi connectivity index (χ0) is 18.2. The summed E-state index contributed by atoms with van der Waals surface area (Å²) in [7, 11) is 0. The smallest absolute Gasteiger partial charge is 0.212 e. The van der Waals surface area contributed by atoms with Gasteiger partial charge in [0.05, 0.1) is 0 Å². The van der Waals surface area contributed by atoms with Crippen LogP contribution in [0.3, 0.4) is 0 Å². The fourth-order valence-corrected chi connectivity index (χ4v) is 1.35. The topological polar surface area (TPSA) is 206 Å². The Balaban J connectivity index is 0.00000149. The first kappa shape index (κ1) is 19.8. The standard InChI is InChI=1S/C4H8N8O8.C2H6O/c13-9(14)5-1-6(10(15)16)3-8(12(19)20)4-7(2-5)11(17)18;1-2-3/h1-4H2;3H,2H2,1H3. The minimum absolute atomic E-state index is 0.197. The van der Waals surface area contributed by atoms with Crippen molar-refractivity contribution < 1.29 is 25.2 Å². The molecule has 0 saturated carbocycles. The van der Waals surface area contributed by atoms with Crippen LogP contribution in [-0.4, -0.2) is 78.6 Å². The highest BCUT2D eigenvalue weighted by Crippen LogP contribution is 2.07. The Morgan fingerprint density at radius 3 is 0.913 bits per heavy atom. The normalized spacial score (nSPS) is 15.0. The molecule has 17 heteroatoms. The molecule has 1 rings (SSSR count). The molecule has 0 aromatic heterocycles. The van der Waals surface area contributed by atoms with Crippen LogP contribution in [0.1, 0.15) is 6.92 Å². The van der Waals surface area contributed by atoms with Crippen LogP contribution in [0.5, 0.6) is 0 Å². The first-order valence-electron chi connectivity index (χ1n) is 5.81. The number of aliphatic hydroxyl groups is 1. The first-order chi connectivity index (χ1) is 10.6. The monoisotopic (exact) mass is 342 g/mol. The van der Waals surface area contributed by atoms with Crippen LogP contribution >= 0.6 is 0 Å². The SMILES string of the molecule is CCO.O=[N+]([O-])N1CN([N+](=O)[O-])CN([N+](=O)[O-])CN([N+](=O)[O-])C1. The van der Waals surface area contributed by atoms with Crippen molar-refractivity contribution in [1.82, 2.24) is 20.0 Å². The molecule has 17 nitrogen and oxygen atoms in total. The quantitative estimate of drug-likeness (QED) is 0.425. The molecule has 0 aliphatic carbocycles. The van der Waals surface area contributed by atoms with Crippen LogP contribution in [0.25, 0.3) is 0 Å². The molecule has 1 N–H and O–H groups in total. The van der Waals surface area contributed by atoms with Gasteiger partial charge in [-0.3, -0.25) is 0 Å². The Morgan fingerprint density at radius 1 is 0.696 bits per heavy atom. The Hall–Kier alpha value is -3.24. The molecule has 1 saturated heterocycles. The van der Waals surface area contributed by atoms with Crippen LogP contribution in [-0.2, 0) is 0 Å². The van der Waals surface area contributed by atoms with Gasteiger partial charge in [0.25, 0.3) is 0 Å². The number of nitro groups is 4. The Bertz CT molecular complexity index is 371. The van der Waals surface area contributed by atoms with Crippen molar-refractivity contribution in [2.45, 2.75) is 6.92 Å². The van der Waals surface area contributed by atoms with E-state index in [0.29, 0.717) is 0 Å². The van der Waals surface area contributed by atoms with E-state index in [9.17, 15) is 40.5 Å². The van der Waals surface area contributed by atoms with Crippen molar-refractivity contribution in [2.75, 3.05) is 33.3 Å². The zero-order valence-corrected chi connectivity index (χ0v) is 11.8. The molecule has 1 fully saturated rings. The van der Waals surface area contributed by atoms with Gasteiger partial charge in [0.2, 0.25) is 26.7 Å². The summed E-state index contributed by atoms with van der Waals surface area (Å²) in [4.78, 5) is 42.6. The summed E-state index contributed by atoms with van der Waals surface area (Å²) in [6.07, 6.45) is 0. The maximum Gasteiger partial charge on any atom is 0.212 e. The first-order valence-corrected chi connectivity index (χ1v) is 5.81. The molecule has 23 heavy (non-hydrogen) atoms. The third kappa shape index (κ3) is 6.37. The van der Waals surface area contributed by atoms with Gasteiger partial charge in [0.1, 0.15) is 0 Å². The molecule has 0 radical (unpaired) electrons. The highest BCUT2D eigenvalue weighted by molar-refractivity contribution is 4.50. The summed E-state index contributed by atoms with van der Waals surface area (Å²) in [6, 6.07) is 0. The molecule has 0 bridgehead atoms. The van der Waals surface area contributed by atoms with Crippen molar-refractivity contribution in [3.05, 3.63) is 40.5 Å². The van der Waals surface area contributed by atoms with Gasteiger partial charge in [-0.2, -0.15) is 0 Å². The van der Waals surface area contributed by atoms with Gasteiger partial charge in [-0.15, -0.1) is 0 Å². The van der Waals surface area contributed by atoms with Gasteiger partial charge in [-0.25, -0.2) is 40.5 Å². The average molecular weight is 342 g/mol. The Morgan fingerprint density at radius 2 is 0.826 bits per heavy atom. The molecule has 0 atom stereocenters. The van der Waals surface area contributed by atoms with E-state index in [4.69, 9.17) is 5.11 Å². The van der Waals surface area contributed by atoms with Crippen LogP contribution in [0.2, 0.25) is 0 Å². The number of aliphatic hydroxyl groups excluding tert-OH is 1. The fraction of sp³-hybridized carbons (Fsp3) is 1.00. The average Bonchev–Trinajstić information content (AvgIpc) is 2.37. The number of hydrazine groups is 4. The van der Waals surface area contributed by atoms with Crippen LogP contribution in [0.4, 0.5) is 0 Å². The van der Waals surface area contributed by atoms with Gasteiger partial charge in [0.15, 0.2) is 20.1 Å². The molecule has 0 aromatic rings. The molecule has 0 aromatic carbocycles. The highest BCUT2D eigenvalue weighted by atomic mass is 16.7. The van der Waals surface area contributed by atoms with Gasteiger partial charge >= 0.3 is 0 Å². The Labute approximate surface area is 127 Å². The van der Waals surface area contributed by atoms with Gasteiger partial charge in [-0.1, -0.05) is 20.0 Å². The molecule has 1 aliphatic rings. The van der Waals surface area contributed by atoms with E-state index in [-0.39, 0.29) is 26.6 Å². The van der Waals surface area contributed by atoms with Crippen LogP contribution < -0.4 is 0 Å². The van der Waals surface area contributed by atoms with E-state index in [1.807, 2.05) is 0 Å². The second-order valence-electron chi connectivity index (χ2n) is 3.86. The van der Waals surface area contributed by atoms with Gasteiger partial charge in [0, 0.05) is 6.61 Å². The molecule has 0 amide bonds. The number of nitrogens with zero attached hydrogens (tertiary/aromatic N) is 8. The second-order valence-corrected chi connectivity index (χ2v) is 3.86.